The fraction of sp³-hybridized carbons (Fsp3) is 0.941. The van der Waals surface area contributed by atoms with E-state index in [2.05, 4.69) is 16.9 Å². The Bertz CT molecular complexity index is 370. The standard InChI is InChI=1S/C17H32N2O2S/c1-17(2,3)21-16(20)19-13-10-9-12(11-13)18-14-7-5-6-8-15(14)22-4/h12-15,18H,5-11H2,1-4H3,(H,19,20). The van der Waals surface area contributed by atoms with Gasteiger partial charge in [-0.25, -0.2) is 4.79 Å². The molecule has 0 heterocycles. The summed E-state index contributed by atoms with van der Waals surface area (Å²) >= 11 is 2.00. The summed E-state index contributed by atoms with van der Waals surface area (Å²) in [4.78, 5) is 11.9. The smallest absolute Gasteiger partial charge is 0.407 e. The molecule has 0 aromatic carbocycles. The molecule has 2 aliphatic rings. The van der Waals surface area contributed by atoms with E-state index in [0.29, 0.717) is 12.1 Å². The van der Waals surface area contributed by atoms with Gasteiger partial charge in [-0.15, -0.1) is 0 Å². The Balaban J connectivity index is 1.74. The highest BCUT2D eigenvalue weighted by Gasteiger charge is 2.31. The molecule has 0 radical (unpaired) electrons. The molecule has 4 atom stereocenters. The van der Waals surface area contributed by atoms with Gasteiger partial charge in [0.2, 0.25) is 0 Å². The number of carbonyl (C=O) groups is 1. The van der Waals surface area contributed by atoms with Gasteiger partial charge in [0.1, 0.15) is 5.60 Å². The third-order valence-corrected chi connectivity index (χ3v) is 5.78. The van der Waals surface area contributed by atoms with Gasteiger partial charge in [-0.2, -0.15) is 11.8 Å². The largest absolute Gasteiger partial charge is 0.444 e. The number of hydrogen-bond acceptors (Lipinski definition) is 4. The predicted octanol–water partition coefficient (Wildman–Crippen LogP) is 3.70. The molecule has 0 spiro atoms. The van der Waals surface area contributed by atoms with Gasteiger partial charge in [0.15, 0.2) is 0 Å². The van der Waals surface area contributed by atoms with Gasteiger partial charge in [-0.05, 0) is 59.1 Å². The molecule has 0 aliphatic heterocycles. The Labute approximate surface area is 139 Å². The lowest BCUT2D eigenvalue weighted by Crippen LogP contribution is -2.46. The average molecular weight is 329 g/mol. The zero-order chi connectivity index (χ0) is 16.2. The fourth-order valence-electron chi connectivity index (χ4n) is 3.61. The summed E-state index contributed by atoms with van der Waals surface area (Å²) in [6.45, 7) is 5.70. The number of thioether (sulfide) groups is 1. The zero-order valence-electron chi connectivity index (χ0n) is 14.5. The van der Waals surface area contributed by atoms with Gasteiger partial charge in [-0.1, -0.05) is 12.8 Å². The summed E-state index contributed by atoms with van der Waals surface area (Å²) < 4.78 is 5.35. The molecule has 0 saturated heterocycles. The monoisotopic (exact) mass is 328 g/mol. The molecular weight excluding hydrogens is 296 g/mol. The van der Waals surface area contributed by atoms with E-state index < -0.39 is 5.60 Å². The van der Waals surface area contributed by atoms with Crippen LogP contribution in [0.2, 0.25) is 0 Å². The summed E-state index contributed by atoms with van der Waals surface area (Å²) in [7, 11) is 0. The third kappa shape index (κ3) is 5.65. The van der Waals surface area contributed by atoms with E-state index >= 15 is 0 Å². The summed E-state index contributed by atoms with van der Waals surface area (Å²) in [6, 6.07) is 1.44. The summed E-state index contributed by atoms with van der Waals surface area (Å²) in [5, 5.41) is 7.63. The highest BCUT2D eigenvalue weighted by Crippen LogP contribution is 2.29. The molecule has 4 unspecified atom stereocenters. The second-order valence-electron chi connectivity index (χ2n) is 7.68. The Morgan fingerprint density at radius 1 is 1.09 bits per heavy atom. The van der Waals surface area contributed by atoms with Crippen LogP contribution in [0.15, 0.2) is 0 Å². The van der Waals surface area contributed by atoms with Crippen molar-refractivity contribution in [2.75, 3.05) is 6.26 Å². The van der Waals surface area contributed by atoms with Crippen LogP contribution in [0, 0.1) is 0 Å². The highest BCUT2D eigenvalue weighted by atomic mass is 32.2. The van der Waals surface area contributed by atoms with Crippen molar-refractivity contribution in [3.8, 4) is 0 Å². The van der Waals surface area contributed by atoms with Gasteiger partial charge in [0, 0.05) is 23.4 Å². The molecule has 0 aromatic rings. The minimum atomic E-state index is -0.423. The Morgan fingerprint density at radius 2 is 1.77 bits per heavy atom. The van der Waals surface area contributed by atoms with Crippen LogP contribution in [0.3, 0.4) is 0 Å². The van der Waals surface area contributed by atoms with Crippen molar-refractivity contribution in [3.63, 3.8) is 0 Å². The molecule has 0 bridgehead atoms. The first-order valence-electron chi connectivity index (χ1n) is 8.66. The lowest BCUT2D eigenvalue weighted by molar-refractivity contribution is 0.0505. The van der Waals surface area contributed by atoms with Crippen LogP contribution in [0.1, 0.15) is 65.7 Å². The van der Waals surface area contributed by atoms with Crippen molar-refractivity contribution in [2.24, 2.45) is 0 Å². The van der Waals surface area contributed by atoms with Crippen molar-refractivity contribution in [3.05, 3.63) is 0 Å². The number of carbonyl (C=O) groups excluding carboxylic acids is 1. The van der Waals surface area contributed by atoms with Crippen molar-refractivity contribution in [1.29, 1.82) is 0 Å². The lowest BCUT2D eigenvalue weighted by Gasteiger charge is -2.33. The Kier molecular flexibility index (Phi) is 6.45. The van der Waals surface area contributed by atoms with Gasteiger partial charge >= 0.3 is 6.09 Å². The molecule has 128 valence electrons. The molecule has 1 amide bonds. The minimum absolute atomic E-state index is 0.253. The third-order valence-electron chi connectivity index (χ3n) is 4.61. The van der Waals surface area contributed by atoms with E-state index in [-0.39, 0.29) is 12.1 Å². The van der Waals surface area contributed by atoms with Gasteiger partial charge in [0.25, 0.3) is 0 Å². The van der Waals surface area contributed by atoms with Crippen LogP contribution in [-0.4, -0.2) is 41.3 Å². The molecule has 2 N–H and O–H groups in total. The quantitative estimate of drug-likeness (QED) is 0.826. The number of amides is 1. The van der Waals surface area contributed by atoms with Crippen molar-refractivity contribution >= 4 is 17.9 Å². The number of alkyl carbamates (subject to hydrolysis) is 1. The highest BCUT2D eigenvalue weighted by molar-refractivity contribution is 7.99. The van der Waals surface area contributed by atoms with E-state index in [9.17, 15) is 4.79 Å². The van der Waals surface area contributed by atoms with Crippen LogP contribution in [0.5, 0.6) is 0 Å². The first-order chi connectivity index (χ1) is 10.4. The molecule has 2 saturated carbocycles. The fourth-order valence-corrected chi connectivity index (χ4v) is 4.56. The lowest BCUT2D eigenvalue weighted by atomic mass is 9.94. The second-order valence-corrected chi connectivity index (χ2v) is 8.76. The van der Waals surface area contributed by atoms with Gasteiger partial charge in [0.05, 0.1) is 0 Å². The number of hydrogen-bond donors (Lipinski definition) is 2. The topological polar surface area (TPSA) is 50.4 Å². The van der Waals surface area contributed by atoms with Gasteiger partial charge in [-0.3, -0.25) is 0 Å². The van der Waals surface area contributed by atoms with Crippen LogP contribution < -0.4 is 10.6 Å². The first kappa shape index (κ1) is 17.9. The van der Waals surface area contributed by atoms with Crippen LogP contribution in [0.25, 0.3) is 0 Å². The van der Waals surface area contributed by atoms with Crippen molar-refractivity contribution in [2.45, 2.75) is 94.7 Å². The number of ether oxygens (including phenoxy) is 1. The summed E-state index contributed by atoms with van der Waals surface area (Å²) in [5.74, 6) is 0. The molecule has 2 rings (SSSR count). The molecule has 22 heavy (non-hydrogen) atoms. The van der Waals surface area contributed by atoms with Crippen LogP contribution in [0.4, 0.5) is 4.79 Å². The summed E-state index contributed by atoms with van der Waals surface area (Å²) in [5.41, 5.74) is -0.423. The van der Waals surface area contributed by atoms with E-state index in [0.717, 1.165) is 24.5 Å². The first-order valence-corrected chi connectivity index (χ1v) is 9.94. The van der Waals surface area contributed by atoms with Crippen LogP contribution in [-0.2, 0) is 4.74 Å². The molecule has 4 nitrogen and oxygen atoms in total. The Morgan fingerprint density at radius 3 is 2.45 bits per heavy atom. The van der Waals surface area contributed by atoms with E-state index in [4.69, 9.17) is 4.74 Å². The molecule has 0 aromatic heterocycles. The zero-order valence-corrected chi connectivity index (χ0v) is 15.3. The van der Waals surface area contributed by atoms with E-state index in [1.165, 1.54) is 25.7 Å². The Hall–Kier alpha value is -0.420. The molecular formula is C17H32N2O2S. The predicted molar refractivity (Wildman–Crippen MR) is 93.5 cm³/mol. The maximum Gasteiger partial charge on any atom is 0.407 e. The van der Waals surface area contributed by atoms with Crippen molar-refractivity contribution < 1.29 is 9.53 Å². The molecule has 2 fully saturated rings. The minimum Gasteiger partial charge on any atom is -0.444 e. The normalized spacial score (nSPS) is 32.7. The van der Waals surface area contributed by atoms with Crippen LogP contribution >= 0.6 is 11.8 Å². The molecule has 2 aliphatic carbocycles. The number of nitrogens with one attached hydrogen (secondary N) is 2. The maximum absolute atomic E-state index is 11.9. The van der Waals surface area contributed by atoms with E-state index in [1.807, 2.05) is 32.5 Å². The average Bonchev–Trinajstić information content (AvgIpc) is 2.84. The van der Waals surface area contributed by atoms with Crippen molar-refractivity contribution in [1.82, 2.24) is 10.6 Å². The molecule has 5 heteroatoms. The SMILES string of the molecule is CSC1CCCCC1NC1CCC(NC(=O)OC(C)(C)C)C1. The summed E-state index contributed by atoms with van der Waals surface area (Å²) in [6.07, 6.45) is 10.5. The maximum atomic E-state index is 11.9. The second kappa shape index (κ2) is 7.91. The van der Waals surface area contributed by atoms with Gasteiger partial charge < -0.3 is 15.4 Å². The number of rotatable bonds is 4. The van der Waals surface area contributed by atoms with E-state index in [1.54, 1.807) is 0 Å².